The van der Waals surface area contributed by atoms with Crippen molar-refractivity contribution in [3.8, 4) is 46.0 Å². The Morgan fingerprint density at radius 1 is 1.00 bits per heavy atom. The molecule has 0 aliphatic carbocycles. The maximum atomic E-state index is 13.2. The second kappa shape index (κ2) is 10.5. The Morgan fingerprint density at radius 3 is 2.31 bits per heavy atom. The lowest BCUT2D eigenvalue weighted by Gasteiger charge is -2.33. The van der Waals surface area contributed by atoms with Gasteiger partial charge in [0.15, 0.2) is 17.3 Å². The Morgan fingerprint density at radius 2 is 1.69 bits per heavy atom. The molecule has 4 rings (SSSR count). The molecule has 0 bridgehead atoms. The maximum absolute atomic E-state index is 13.2. The molecule has 1 aliphatic heterocycles. The molecule has 208 valence electrons. The number of phenolic OH excluding ortho intramolecular Hbond substituents is 6. The van der Waals surface area contributed by atoms with Crippen LogP contribution in [0.5, 0.6) is 46.0 Å². The van der Waals surface area contributed by atoms with Gasteiger partial charge in [-0.25, -0.2) is 0 Å². The molecule has 3 aromatic rings. The molecular formula is C29H32O10. The molecule has 7 N–H and O–H groups in total. The smallest absolute Gasteiger partial charge is 0.173 e. The predicted octanol–water partition coefficient (Wildman–Crippen LogP) is 4.09. The van der Waals surface area contributed by atoms with Gasteiger partial charge in [0.25, 0.3) is 0 Å². The zero-order valence-corrected chi connectivity index (χ0v) is 22.0. The molecule has 0 aromatic heterocycles. The van der Waals surface area contributed by atoms with E-state index in [4.69, 9.17) is 9.47 Å². The van der Waals surface area contributed by atoms with Crippen molar-refractivity contribution in [3.63, 3.8) is 0 Å². The van der Waals surface area contributed by atoms with Crippen molar-refractivity contribution in [2.75, 3.05) is 7.11 Å². The number of ether oxygens (including phenoxy) is 2. The highest BCUT2D eigenvalue weighted by atomic mass is 16.5. The Hall–Kier alpha value is -4.31. The molecule has 3 atom stereocenters. The van der Waals surface area contributed by atoms with Crippen LogP contribution in [0.25, 0.3) is 0 Å². The number of hydrogen-bond donors (Lipinski definition) is 7. The van der Waals surface area contributed by atoms with Crippen LogP contribution in [0, 0.1) is 12.8 Å². The average Bonchev–Trinajstić information content (AvgIpc) is 2.90. The summed E-state index contributed by atoms with van der Waals surface area (Å²) in [5.74, 6) is -3.12. The van der Waals surface area contributed by atoms with Crippen LogP contribution in [-0.4, -0.2) is 54.7 Å². The first kappa shape index (κ1) is 27.7. The molecule has 39 heavy (non-hydrogen) atoms. The Bertz CT molecular complexity index is 1450. The third-order valence-corrected chi connectivity index (χ3v) is 7.37. The standard InChI is InChI=1S/C29H32O10/c1-5-12(2)24(35)23-26(37)17(25(36)13(3)27(23)38-4)9-15-19(31)11-20(32)16-10-22(34)28(39-29(15)16)14-6-7-18(30)21(33)8-14/h6-8,11-12,22,28,30-34,36-37H,5,9-10H2,1-4H3/t12?,22-,28+/m0/s1. The van der Waals surface area contributed by atoms with Crippen LogP contribution in [-0.2, 0) is 12.8 Å². The lowest BCUT2D eigenvalue weighted by Crippen LogP contribution is -2.31. The molecule has 1 heterocycles. The fourth-order valence-corrected chi connectivity index (χ4v) is 4.91. The molecule has 3 aromatic carbocycles. The normalized spacial score (nSPS) is 17.3. The van der Waals surface area contributed by atoms with Gasteiger partial charge in [-0.05, 0) is 31.0 Å². The highest BCUT2D eigenvalue weighted by Crippen LogP contribution is 2.50. The summed E-state index contributed by atoms with van der Waals surface area (Å²) in [6.07, 6.45) is -2.09. The van der Waals surface area contributed by atoms with Crippen LogP contribution >= 0.6 is 0 Å². The quantitative estimate of drug-likeness (QED) is 0.171. The van der Waals surface area contributed by atoms with E-state index in [0.717, 1.165) is 6.07 Å². The fourth-order valence-electron chi connectivity index (χ4n) is 4.91. The lowest BCUT2D eigenvalue weighted by atomic mass is 9.87. The SMILES string of the molecule is CCC(C)C(=O)c1c(O)c(Cc2c(O)cc(O)c3c2O[C@H](c2ccc(O)c(O)c2)[C@@H](O)C3)c(O)c(C)c1OC. The van der Waals surface area contributed by atoms with E-state index in [1.165, 1.54) is 32.2 Å². The van der Waals surface area contributed by atoms with E-state index < -0.39 is 35.4 Å². The van der Waals surface area contributed by atoms with E-state index in [1.807, 2.05) is 6.92 Å². The largest absolute Gasteiger partial charge is 0.507 e. The summed E-state index contributed by atoms with van der Waals surface area (Å²) in [4.78, 5) is 13.2. The number of phenols is 6. The van der Waals surface area contributed by atoms with Gasteiger partial charge in [-0.15, -0.1) is 0 Å². The van der Waals surface area contributed by atoms with Crippen LogP contribution < -0.4 is 9.47 Å². The second-order valence-electron chi connectivity index (χ2n) is 9.82. The number of Topliss-reactive ketones (excluding diaryl/α,β-unsaturated/α-hetero) is 1. The summed E-state index contributed by atoms with van der Waals surface area (Å²) in [5.41, 5.74) is 0.673. The van der Waals surface area contributed by atoms with Crippen molar-refractivity contribution in [3.05, 3.63) is 57.6 Å². The highest BCUT2D eigenvalue weighted by Gasteiger charge is 2.36. The molecule has 0 spiro atoms. The van der Waals surface area contributed by atoms with Gasteiger partial charge in [0, 0.05) is 47.1 Å². The van der Waals surface area contributed by atoms with E-state index in [-0.39, 0.29) is 75.2 Å². The van der Waals surface area contributed by atoms with Gasteiger partial charge < -0.3 is 45.2 Å². The fraction of sp³-hybridized carbons (Fsp3) is 0.345. The van der Waals surface area contributed by atoms with Gasteiger partial charge in [-0.3, -0.25) is 4.79 Å². The minimum absolute atomic E-state index is 0.0115. The van der Waals surface area contributed by atoms with E-state index in [0.29, 0.717) is 12.0 Å². The number of fused-ring (bicyclic) bond motifs is 1. The molecule has 0 saturated heterocycles. The van der Waals surface area contributed by atoms with Crippen LogP contribution in [0.3, 0.4) is 0 Å². The first-order chi connectivity index (χ1) is 18.4. The van der Waals surface area contributed by atoms with Gasteiger partial charge in [-0.1, -0.05) is 19.9 Å². The number of carbonyl (C=O) groups is 1. The van der Waals surface area contributed by atoms with Gasteiger partial charge in [0.2, 0.25) is 0 Å². The van der Waals surface area contributed by atoms with Gasteiger partial charge >= 0.3 is 0 Å². The molecule has 0 saturated carbocycles. The lowest BCUT2D eigenvalue weighted by molar-refractivity contribution is 0.0190. The van der Waals surface area contributed by atoms with E-state index in [1.54, 1.807) is 6.92 Å². The topological polar surface area (TPSA) is 177 Å². The number of aliphatic hydroxyl groups excluding tert-OH is 1. The highest BCUT2D eigenvalue weighted by molar-refractivity contribution is 6.04. The molecule has 1 aliphatic rings. The Kier molecular flexibility index (Phi) is 7.43. The third-order valence-electron chi connectivity index (χ3n) is 7.37. The Balaban J connectivity index is 1.87. The van der Waals surface area contributed by atoms with Crippen LogP contribution in [0.1, 0.15) is 64.5 Å². The van der Waals surface area contributed by atoms with Crippen molar-refractivity contribution in [1.82, 2.24) is 0 Å². The number of aliphatic hydroxyl groups is 1. The van der Waals surface area contributed by atoms with Crippen molar-refractivity contribution >= 4 is 5.78 Å². The minimum atomic E-state index is -1.16. The van der Waals surface area contributed by atoms with Gasteiger partial charge in [0.1, 0.15) is 46.2 Å². The van der Waals surface area contributed by atoms with Gasteiger partial charge in [0.05, 0.1) is 13.2 Å². The monoisotopic (exact) mass is 540 g/mol. The summed E-state index contributed by atoms with van der Waals surface area (Å²) >= 11 is 0. The van der Waals surface area contributed by atoms with Crippen LogP contribution in [0.15, 0.2) is 24.3 Å². The second-order valence-corrected chi connectivity index (χ2v) is 9.82. The predicted molar refractivity (Wildman–Crippen MR) is 140 cm³/mol. The summed E-state index contributed by atoms with van der Waals surface area (Å²) in [6, 6.07) is 5.00. The van der Waals surface area contributed by atoms with Crippen LogP contribution in [0.4, 0.5) is 0 Å². The zero-order chi connectivity index (χ0) is 28.8. The third kappa shape index (κ3) is 4.72. The molecule has 0 amide bonds. The average molecular weight is 541 g/mol. The first-order valence-electron chi connectivity index (χ1n) is 12.5. The number of carbonyl (C=O) groups excluding carboxylic acids is 1. The zero-order valence-electron chi connectivity index (χ0n) is 22.0. The molecule has 1 unspecified atom stereocenters. The Labute approximate surface area is 225 Å². The van der Waals surface area contributed by atoms with Crippen molar-refractivity contribution in [1.29, 1.82) is 0 Å². The number of benzene rings is 3. The summed E-state index contributed by atoms with van der Waals surface area (Å²) in [6.45, 7) is 5.08. The summed E-state index contributed by atoms with van der Waals surface area (Å²) in [7, 11) is 1.33. The maximum Gasteiger partial charge on any atom is 0.173 e. The van der Waals surface area contributed by atoms with E-state index in [2.05, 4.69) is 0 Å². The summed E-state index contributed by atoms with van der Waals surface area (Å²) in [5, 5.41) is 74.0. The van der Waals surface area contributed by atoms with Crippen molar-refractivity contribution in [2.45, 2.75) is 52.2 Å². The molecule has 0 radical (unpaired) electrons. The van der Waals surface area contributed by atoms with E-state index >= 15 is 0 Å². The molecule has 10 nitrogen and oxygen atoms in total. The number of ketones is 1. The first-order valence-corrected chi connectivity index (χ1v) is 12.5. The molecule has 0 fully saturated rings. The van der Waals surface area contributed by atoms with Crippen molar-refractivity contribution in [2.24, 2.45) is 5.92 Å². The molecule has 10 heteroatoms. The minimum Gasteiger partial charge on any atom is -0.507 e. The molecular weight excluding hydrogens is 508 g/mol. The van der Waals surface area contributed by atoms with Crippen molar-refractivity contribution < 1.29 is 50.0 Å². The van der Waals surface area contributed by atoms with E-state index in [9.17, 15) is 40.5 Å². The number of aromatic hydroxyl groups is 6. The van der Waals surface area contributed by atoms with Crippen LogP contribution in [0.2, 0.25) is 0 Å². The van der Waals surface area contributed by atoms with Gasteiger partial charge in [-0.2, -0.15) is 0 Å². The number of rotatable bonds is 7. The number of methoxy groups -OCH3 is 1. The number of hydrogen-bond acceptors (Lipinski definition) is 10. The summed E-state index contributed by atoms with van der Waals surface area (Å²) < 4.78 is 11.4.